The number of hydrogen-bond acceptors (Lipinski definition) is 5. The van der Waals surface area contributed by atoms with E-state index in [0.29, 0.717) is 18.1 Å². The molecular weight excluding hydrogens is 266 g/mol. The zero-order chi connectivity index (χ0) is 12.4. The fourth-order valence-corrected chi connectivity index (χ4v) is 2.43. The first kappa shape index (κ1) is 14.0. The largest absolute Gasteiger partial charge is 0.339 e. The van der Waals surface area contributed by atoms with Crippen molar-refractivity contribution in [3.63, 3.8) is 0 Å². The van der Waals surface area contributed by atoms with Crippen molar-refractivity contribution in [2.75, 3.05) is 0 Å². The Kier molecular flexibility index (Phi) is 4.21. The van der Waals surface area contributed by atoms with Gasteiger partial charge in [-0.1, -0.05) is 18.0 Å². The van der Waals surface area contributed by atoms with Gasteiger partial charge in [0.25, 0.3) is 0 Å². The first-order chi connectivity index (χ1) is 8.76. The lowest BCUT2D eigenvalue weighted by molar-refractivity contribution is 0.343. The van der Waals surface area contributed by atoms with Gasteiger partial charge in [0.2, 0.25) is 5.89 Å². The summed E-state index contributed by atoms with van der Waals surface area (Å²) in [5.41, 5.74) is 5.91. The van der Waals surface area contributed by atoms with Crippen molar-refractivity contribution in [3.8, 4) is 0 Å². The van der Waals surface area contributed by atoms with Crippen LogP contribution < -0.4 is 5.73 Å². The minimum absolute atomic E-state index is 0. The second-order valence-electron chi connectivity index (χ2n) is 4.89. The second-order valence-corrected chi connectivity index (χ2v) is 4.89. The number of hydrogen-bond donors (Lipinski definition) is 1. The van der Waals surface area contributed by atoms with Gasteiger partial charge in [0.1, 0.15) is 0 Å². The molecular formula is C12H18ClN5O. The lowest BCUT2D eigenvalue weighted by atomic mass is 9.99. The van der Waals surface area contributed by atoms with Crippen molar-refractivity contribution in [2.45, 2.75) is 44.2 Å². The molecule has 2 heterocycles. The first-order valence-electron chi connectivity index (χ1n) is 6.36. The quantitative estimate of drug-likeness (QED) is 0.923. The summed E-state index contributed by atoms with van der Waals surface area (Å²) in [6, 6.07) is 1.90. The van der Waals surface area contributed by atoms with Crippen LogP contribution in [0, 0.1) is 0 Å². The molecule has 2 N–H and O–H groups in total. The summed E-state index contributed by atoms with van der Waals surface area (Å²) in [5.74, 6) is 1.30. The summed E-state index contributed by atoms with van der Waals surface area (Å²) in [4.78, 5) is 4.42. The van der Waals surface area contributed by atoms with Crippen molar-refractivity contribution in [3.05, 3.63) is 30.2 Å². The molecule has 0 atom stereocenters. The van der Waals surface area contributed by atoms with E-state index in [1.54, 1.807) is 6.20 Å². The van der Waals surface area contributed by atoms with Crippen LogP contribution in [0.2, 0.25) is 0 Å². The Labute approximate surface area is 117 Å². The molecule has 0 saturated heterocycles. The molecule has 1 saturated carbocycles. The molecule has 19 heavy (non-hydrogen) atoms. The Hall–Kier alpha value is -1.40. The molecule has 1 aliphatic carbocycles. The van der Waals surface area contributed by atoms with E-state index in [4.69, 9.17) is 10.3 Å². The number of rotatable bonds is 4. The SMILES string of the molecule is Cl.NC1(c2noc(CCn3cccn3)n2)CCCC1. The van der Waals surface area contributed by atoms with E-state index in [9.17, 15) is 0 Å². The van der Waals surface area contributed by atoms with Crippen LogP contribution in [-0.2, 0) is 18.5 Å². The third kappa shape index (κ3) is 2.96. The third-order valence-electron chi connectivity index (χ3n) is 3.52. The van der Waals surface area contributed by atoms with Gasteiger partial charge in [-0.05, 0) is 18.9 Å². The fourth-order valence-electron chi connectivity index (χ4n) is 2.43. The number of aromatic nitrogens is 4. The van der Waals surface area contributed by atoms with Gasteiger partial charge in [-0.3, -0.25) is 4.68 Å². The lowest BCUT2D eigenvalue weighted by Crippen LogP contribution is -2.34. The van der Waals surface area contributed by atoms with Crippen molar-refractivity contribution in [1.29, 1.82) is 0 Å². The third-order valence-corrected chi connectivity index (χ3v) is 3.52. The Morgan fingerprint density at radius 1 is 1.37 bits per heavy atom. The molecule has 0 aliphatic heterocycles. The summed E-state index contributed by atoms with van der Waals surface area (Å²) >= 11 is 0. The van der Waals surface area contributed by atoms with E-state index >= 15 is 0 Å². The van der Waals surface area contributed by atoms with Crippen LogP contribution >= 0.6 is 12.4 Å². The molecule has 0 bridgehead atoms. The van der Waals surface area contributed by atoms with E-state index in [1.807, 2.05) is 16.9 Å². The maximum Gasteiger partial charge on any atom is 0.228 e. The highest BCUT2D eigenvalue weighted by molar-refractivity contribution is 5.85. The fraction of sp³-hybridized carbons (Fsp3) is 0.583. The van der Waals surface area contributed by atoms with E-state index < -0.39 is 0 Å². The summed E-state index contributed by atoms with van der Waals surface area (Å²) in [6.45, 7) is 0.742. The molecule has 6 nitrogen and oxygen atoms in total. The summed E-state index contributed by atoms with van der Waals surface area (Å²) < 4.78 is 7.10. The van der Waals surface area contributed by atoms with Gasteiger partial charge in [0.15, 0.2) is 5.82 Å². The van der Waals surface area contributed by atoms with Gasteiger partial charge in [-0.2, -0.15) is 10.1 Å². The first-order valence-corrected chi connectivity index (χ1v) is 6.36. The molecule has 2 aromatic rings. The van der Waals surface area contributed by atoms with Gasteiger partial charge in [-0.25, -0.2) is 0 Å². The summed E-state index contributed by atoms with van der Waals surface area (Å²) in [7, 11) is 0. The highest BCUT2D eigenvalue weighted by Gasteiger charge is 2.35. The second kappa shape index (κ2) is 5.71. The Bertz CT molecular complexity index is 504. The van der Waals surface area contributed by atoms with Crippen LogP contribution in [0.5, 0.6) is 0 Å². The van der Waals surface area contributed by atoms with Crippen molar-refractivity contribution < 1.29 is 4.52 Å². The van der Waals surface area contributed by atoms with Gasteiger partial charge < -0.3 is 10.3 Å². The minimum atomic E-state index is -0.368. The standard InChI is InChI=1S/C12H17N5O.ClH/c13-12(5-1-2-6-12)11-15-10(18-16-11)4-9-17-8-3-7-14-17;/h3,7-8H,1-2,4-6,9,13H2;1H. The average molecular weight is 284 g/mol. The van der Waals surface area contributed by atoms with Crippen LogP contribution in [-0.4, -0.2) is 19.9 Å². The molecule has 3 rings (SSSR count). The Balaban J connectivity index is 0.00000133. The summed E-state index contributed by atoms with van der Waals surface area (Å²) in [6.07, 6.45) is 8.55. The summed E-state index contributed by atoms with van der Waals surface area (Å²) in [5, 5.41) is 8.16. The molecule has 2 aromatic heterocycles. The van der Waals surface area contributed by atoms with E-state index in [0.717, 1.165) is 32.2 Å². The molecule has 104 valence electrons. The zero-order valence-corrected chi connectivity index (χ0v) is 11.5. The van der Waals surface area contributed by atoms with Crippen LogP contribution in [0.25, 0.3) is 0 Å². The smallest absolute Gasteiger partial charge is 0.228 e. The molecule has 0 aromatic carbocycles. The van der Waals surface area contributed by atoms with Crippen LogP contribution in [0.4, 0.5) is 0 Å². The van der Waals surface area contributed by atoms with E-state index in [1.165, 1.54) is 0 Å². The Morgan fingerprint density at radius 3 is 2.84 bits per heavy atom. The van der Waals surface area contributed by atoms with Crippen LogP contribution in [0.1, 0.15) is 37.4 Å². The molecule has 0 amide bonds. The number of halogens is 1. The topological polar surface area (TPSA) is 82.8 Å². The van der Waals surface area contributed by atoms with E-state index in [2.05, 4.69) is 15.2 Å². The monoisotopic (exact) mass is 283 g/mol. The van der Waals surface area contributed by atoms with Crippen molar-refractivity contribution >= 4 is 12.4 Å². The molecule has 0 radical (unpaired) electrons. The highest BCUT2D eigenvalue weighted by atomic mass is 35.5. The predicted molar refractivity (Wildman–Crippen MR) is 71.8 cm³/mol. The van der Waals surface area contributed by atoms with Gasteiger partial charge in [0.05, 0.1) is 5.54 Å². The molecule has 0 unspecified atom stereocenters. The number of nitrogens with zero attached hydrogens (tertiary/aromatic N) is 4. The van der Waals surface area contributed by atoms with Gasteiger partial charge in [0, 0.05) is 25.4 Å². The Morgan fingerprint density at radius 2 is 2.16 bits per heavy atom. The van der Waals surface area contributed by atoms with Crippen LogP contribution in [0.15, 0.2) is 23.0 Å². The number of nitrogens with two attached hydrogens (primary N) is 1. The van der Waals surface area contributed by atoms with Gasteiger partial charge in [-0.15, -0.1) is 12.4 Å². The maximum atomic E-state index is 6.28. The normalized spacial score (nSPS) is 17.3. The van der Waals surface area contributed by atoms with Crippen molar-refractivity contribution in [1.82, 2.24) is 19.9 Å². The predicted octanol–water partition coefficient (Wildman–Crippen LogP) is 1.66. The highest BCUT2D eigenvalue weighted by Crippen LogP contribution is 2.34. The molecule has 7 heteroatoms. The van der Waals surface area contributed by atoms with Crippen LogP contribution in [0.3, 0.4) is 0 Å². The number of aryl methyl sites for hydroxylation is 2. The van der Waals surface area contributed by atoms with Gasteiger partial charge >= 0.3 is 0 Å². The van der Waals surface area contributed by atoms with Crippen molar-refractivity contribution in [2.24, 2.45) is 5.73 Å². The molecule has 0 spiro atoms. The average Bonchev–Trinajstić information content (AvgIpc) is 3.08. The molecule has 1 fully saturated rings. The van der Waals surface area contributed by atoms with E-state index in [-0.39, 0.29) is 17.9 Å². The maximum absolute atomic E-state index is 6.28. The zero-order valence-electron chi connectivity index (χ0n) is 10.7. The minimum Gasteiger partial charge on any atom is -0.339 e. The molecule has 1 aliphatic rings. The lowest BCUT2D eigenvalue weighted by Gasteiger charge is -2.17.